The molecule has 0 unspecified atom stereocenters. The number of hydrogen-bond donors (Lipinski definition) is 0. The van der Waals surface area contributed by atoms with Crippen molar-refractivity contribution in [3.63, 3.8) is 0 Å². The number of ether oxygens (including phenoxy) is 2. The lowest BCUT2D eigenvalue weighted by Crippen LogP contribution is -2.21. The molecule has 1 aromatic heterocycles. The van der Waals surface area contributed by atoms with Crippen LogP contribution in [0.25, 0.3) is 0 Å². The number of nitrogens with zero attached hydrogens (tertiary/aromatic N) is 1. The van der Waals surface area contributed by atoms with E-state index in [4.69, 9.17) is 9.47 Å². The Kier molecular flexibility index (Phi) is 4.92. The van der Waals surface area contributed by atoms with Crippen LogP contribution in [0.15, 0.2) is 18.2 Å². The topological polar surface area (TPSA) is 48.4 Å². The molecule has 0 aromatic carbocycles. The number of esters is 1. The predicted octanol–water partition coefficient (Wildman–Crippen LogP) is 1.97. The molecule has 1 heterocycles. The highest BCUT2D eigenvalue weighted by molar-refractivity contribution is 5.87. The summed E-state index contributed by atoms with van der Waals surface area (Å²) in [4.78, 5) is 15.7. The van der Waals surface area contributed by atoms with Crippen molar-refractivity contribution >= 4 is 5.97 Å². The summed E-state index contributed by atoms with van der Waals surface area (Å²) in [6, 6.07) is 5.26. The van der Waals surface area contributed by atoms with E-state index in [1.54, 1.807) is 19.1 Å². The van der Waals surface area contributed by atoms with Gasteiger partial charge in [-0.25, -0.2) is 9.78 Å². The van der Waals surface area contributed by atoms with Crippen LogP contribution < -0.4 is 0 Å². The second-order valence-corrected chi connectivity index (χ2v) is 3.54. The van der Waals surface area contributed by atoms with Gasteiger partial charge < -0.3 is 9.47 Å². The van der Waals surface area contributed by atoms with Gasteiger partial charge in [-0.05, 0) is 32.9 Å². The van der Waals surface area contributed by atoms with Crippen molar-refractivity contribution < 1.29 is 14.3 Å². The molecule has 0 bridgehead atoms. The Morgan fingerprint density at radius 3 is 2.88 bits per heavy atom. The lowest BCUT2D eigenvalue weighted by atomic mass is 10.3. The summed E-state index contributed by atoms with van der Waals surface area (Å²) in [5.74, 6) is -0.407. The highest BCUT2D eigenvalue weighted by atomic mass is 16.6. The molecular weight excluding hydrogens is 206 g/mol. The molecule has 88 valence electrons. The lowest BCUT2D eigenvalue weighted by molar-refractivity contribution is 0.00385. The van der Waals surface area contributed by atoms with Crippen LogP contribution >= 0.6 is 0 Å². The van der Waals surface area contributed by atoms with Crippen LogP contribution in [0.4, 0.5) is 0 Å². The van der Waals surface area contributed by atoms with Gasteiger partial charge in [-0.15, -0.1) is 0 Å². The maximum absolute atomic E-state index is 11.6. The van der Waals surface area contributed by atoms with Gasteiger partial charge in [0.15, 0.2) is 0 Å². The summed E-state index contributed by atoms with van der Waals surface area (Å²) >= 11 is 0. The first-order chi connectivity index (χ1) is 7.63. The van der Waals surface area contributed by atoms with Crippen molar-refractivity contribution in [1.82, 2.24) is 4.98 Å². The molecule has 0 N–H and O–H groups in total. The van der Waals surface area contributed by atoms with Crippen molar-refractivity contribution in [3.8, 4) is 0 Å². The van der Waals surface area contributed by atoms with E-state index in [9.17, 15) is 4.79 Å². The molecule has 0 saturated carbocycles. The molecular formula is C12H17NO3. The number of carbonyl (C=O) groups is 1. The van der Waals surface area contributed by atoms with Gasteiger partial charge in [0, 0.05) is 12.3 Å². The number of aromatic nitrogens is 1. The Bertz CT molecular complexity index is 352. The summed E-state index contributed by atoms with van der Waals surface area (Å²) in [5, 5.41) is 0. The largest absolute Gasteiger partial charge is 0.455 e. The van der Waals surface area contributed by atoms with E-state index in [0.717, 1.165) is 5.69 Å². The Balaban J connectivity index is 2.52. The van der Waals surface area contributed by atoms with Crippen molar-refractivity contribution in [2.45, 2.75) is 26.9 Å². The van der Waals surface area contributed by atoms with E-state index in [0.29, 0.717) is 18.9 Å². The predicted molar refractivity (Wildman–Crippen MR) is 60.3 cm³/mol. The molecule has 4 nitrogen and oxygen atoms in total. The molecule has 1 aromatic rings. The summed E-state index contributed by atoms with van der Waals surface area (Å²) in [6.45, 7) is 6.55. The number of rotatable bonds is 5. The third-order valence-electron chi connectivity index (χ3n) is 1.96. The molecule has 0 saturated heterocycles. The maximum atomic E-state index is 11.6. The van der Waals surface area contributed by atoms with Gasteiger partial charge in [0.25, 0.3) is 0 Å². The first kappa shape index (κ1) is 12.6. The molecule has 0 fully saturated rings. The molecule has 0 amide bonds. The fourth-order valence-corrected chi connectivity index (χ4v) is 1.22. The maximum Gasteiger partial charge on any atom is 0.357 e. The van der Waals surface area contributed by atoms with Crippen LogP contribution in [0.5, 0.6) is 0 Å². The van der Waals surface area contributed by atoms with Crippen molar-refractivity contribution in [3.05, 3.63) is 29.6 Å². The fourth-order valence-electron chi connectivity index (χ4n) is 1.22. The van der Waals surface area contributed by atoms with Crippen molar-refractivity contribution in [2.75, 3.05) is 13.2 Å². The molecule has 0 aliphatic rings. The highest BCUT2D eigenvalue weighted by Gasteiger charge is 2.13. The number of pyridine rings is 1. The molecule has 0 aliphatic carbocycles. The summed E-state index contributed by atoms with van der Waals surface area (Å²) in [5.41, 5.74) is 1.13. The zero-order chi connectivity index (χ0) is 12.0. The molecule has 0 aliphatic heterocycles. The van der Waals surface area contributed by atoms with E-state index in [1.807, 2.05) is 19.9 Å². The Morgan fingerprint density at radius 2 is 2.25 bits per heavy atom. The zero-order valence-electron chi connectivity index (χ0n) is 9.90. The van der Waals surface area contributed by atoms with Crippen LogP contribution in [0.2, 0.25) is 0 Å². The number of aryl methyl sites for hydroxylation is 1. The molecule has 0 radical (unpaired) electrons. The highest BCUT2D eigenvalue weighted by Crippen LogP contribution is 2.03. The number of hydrogen-bond acceptors (Lipinski definition) is 4. The van der Waals surface area contributed by atoms with E-state index < -0.39 is 5.97 Å². The average molecular weight is 223 g/mol. The number of carbonyl (C=O) groups excluding carboxylic acids is 1. The third-order valence-corrected chi connectivity index (χ3v) is 1.96. The summed E-state index contributed by atoms with van der Waals surface area (Å²) < 4.78 is 10.3. The van der Waals surface area contributed by atoms with Crippen molar-refractivity contribution in [2.24, 2.45) is 0 Å². The van der Waals surface area contributed by atoms with Crippen LogP contribution in [0.1, 0.15) is 30.0 Å². The Labute approximate surface area is 95.6 Å². The van der Waals surface area contributed by atoms with Crippen LogP contribution in [-0.2, 0) is 9.47 Å². The van der Waals surface area contributed by atoms with Crippen LogP contribution in [-0.4, -0.2) is 30.3 Å². The molecule has 4 heteroatoms. The average Bonchev–Trinajstić information content (AvgIpc) is 2.26. The molecule has 1 atom stereocenters. The SMILES string of the molecule is CCOC[C@H](C)OC(=O)c1cccc(C)n1. The third kappa shape index (κ3) is 3.98. The first-order valence-corrected chi connectivity index (χ1v) is 5.36. The van der Waals surface area contributed by atoms with Crippen LogP contribution in [0.3, 0.4) is 0 Å². The first-order valence-electron chi connectivity index (χ1n) is 5.36. The Hall–Kier alpha value is -1.42. The van der Waals surface area contributed by atoms with E-state index in [-0.39, 0.29) is 6.10 Å². The van der Waals surface area contributed by atoms with Gasteiger partial charge in [-0.2, -0.15) is 0 Å². The quantitative estimate of drug-likeness (QED) is 0.716. The summed E-state index contributed by atoms with van der Waals surface area (Å²) in [6.07, 6.45) is -0.255. The second-order valence-electron chi connectivity index (χ2n) is 3.54. The van der Waals surface area contributed by atoms with Crippen LogP contribution in [0, 0.1) is 6.92 Å². The van der Waals surface area contributed by atoms with Crippen molar-refractivity contribution in [1.29, 1.82) is 0 Å². The second kappa shape index (κ2) is 6.23. The van der Waals surface area contributed by atoms with Gasteiger partial charge in [-0.3, -0.25) is 0 Å². The fraction of sp³-hybridized carbons (Fsp3) is 0.500. The monoisotopic (exact) mass is 223 g/mol. The van der Waals surface area contributed by atoms with Gasteiger partial charge in [0.05, 0.1) is 6.61 Å². The minimum Gasteiger partial charge on any atom is -0.455 e. The summed E-state index contributed by atoms with van der Waals surface area (Å²) in [7, 11) is 0. The standard InChI is InChI=1S/C12H17NO3/c1-4-15-8-10(3)16-12(14)11-7-5-6-9(2)13-11/h5-7,10H,4,8H2,1-3H3/t10-/m0/s1. The van der Waals surface area contributed by atoms with Gasteiger partial charge >= 0.3 is 5.97 Å². The van der Waals surface area contributed by atoms with Gasteiger partial charge in [-0.1, -0.05) is 6.07 Å². The van der Waals surface area contributed by atoms with Gasteiger partial charge in [0.1, 0.15) is 11.8 Å². The normalized spacial score (nSPS) is 12.2. The molecule has 0 spiro atoms. The van der Waals surface area contributed by atoms with E-state index in [2.05, 4.69) is 4.98 Å². The lowest BCUT2D eigenvalue weighted by Gasteiger charge is -2.12. The van der Waals surface area contributed by atoms with E-state index in [1.165, 1.54) is 0 Å². The zero-order valence-corrected chi connectivity index (χ0v) is 9.90. The molecule has 16 heavy (non-hydrogen) atoms. The minimum absolute atomic E-state index is 0.255. The van der Waals surface area contributed by atoms with E-state index >= 15 is 0 Å². The minimum atomic E-state index is -0.407. The Morgan fingerprint density at radius 1 is 1.50 bits per heavy atom. The van der Waals surface area contributed by atoms with Gasteiger partial charge in [0.2, 0.25) is 0 Å². The smallest absolute Gasteiger partial charge is 0.357 e. The molecule has 1 rings (SSSR count).